The predicted octanol–water partition coefficient (Wildman–Crippen LogP) is 4.49. The fourth-order valence-corrected chi connectivity index (χ4v) is 8.79. The second kappa shape index (κ2) is 15.8. The van der Waals surface area contributed by atoms with Crippen molar-refractivity contribution < 1.29 is 50.6 Å². The minimum absolute atomic E-state index is 0.0328. The van der Waals surface area contributed by atoms with Crippen LogP contribution in [-0.2, 0) is 47.0 Å². The second-order valence-electron chi connectivity index (χ2n) is 15.9. The Kier molecular flexibility index (Phi) is 11.5. The van der Waals surface area contributed by atoms with E-state index in [0.29, 0.717) is 36.8 Å². The van der Waals surface area contributed by atoms with Crippen LogP contribution in [0.5, 0.6) is 0 Å². The Balaban J connectivity index is 1.27. The first-order chi connectivity index (χ1) is 26.4. The highest BCUT2D eigenvalue weighted by molar-refractivity contribution is 7.90. The standard InChI is InChI=1S/C39H47F2N5O9S/c1-23-17-26(40)15-16-32(23)56(52,53)44-35(49)39-19-25(39)12-8-6-5-7-9-14-30(42-36(50)55-38(2,3)4)34(48)46-21-27(18-31(46)33(47)43-39)54-37(51)45-20-24-11-10-13-29(41)28(24)22-45/h8,10-13,15-17,25,27,30-31H,5-7,9,14,18-22H2,1-4H3,(H,42,50)(H,43,47)(H,44,49)/b12-8-/t25-,27-,30+,31+,39-/m1/s1. The number of halogens is 2. The zero-order chi connectivity index (χ0) is 40.6. The van der Waals surface area contributed by atoms with Gasteiger partial charge in [0.15, 0.2) is 0 Å². The lowest BCUT2D eigenvalue weighted by Crippen LogP contribution is -2.58. The molecule has 1 saturated heterocycles. The summed E-state index contributed by atoms with van der Waals surface area (Å²) in [6.07, 6.45) is 3.55. The van der Waals surface area contributed by atoms with Crippen molar-refractivity contribution in [2.75, 3.05) is 6.54 Å². The number of benzene rings is 2. The van der Waals surface area contributed by atoms with Crippen LogP contribution in [0.2, 0.25) is 0 Å². The maximum atomic E-state index is 14.5. The molecule has 14 nitrogen and oxygen atoms in total. The Hall–Kier alpha value is -5.06. The van der Waals surface area contributed by atoms with Gasteiger partial charge in [-0.1, -0.05) is 37.1 Å². The van der Waals surface area contributed by atoms with Gasteiger partial charge in [-0.05, 0) is 88.8 Å². The van der Waals surface area contributed by atoms with Crippen LogP contribution in [-0.4, -0.2) is 84.0 Å². The molecule has 2 aromatic carbocycles. The number of aryl methyl sites for hydroxylation is 1. The van der Waals surface area contributed by atoms with Crippen LogP contribution in [0.3, 0.4) is 0 Å². The Bertz CT molecular complexity index is 2060. The molecule has 17 heteroatoms. The highest BCUT2D eigenvalue weighted by Gasteiger charge is 2.62. The number of rotatable bonds is 5. The third kappa shape index (κ3) is 8.98. The number of nitrogens with zero attached hydrogens (tertiary/aromatic N) is 2. The van der Waals surface area contributed by atoms with E-state index in [1.807, 2.05) is 6.08 Å². The van der Waals surface area contributed by atoms with E-state index in [4.69, 9.17) is 9.47 Å². The molecule has 5 atom stereocenters. The van der Waals surface area contributed by atoms with Crippen molar-refractivity contribution in [1.82, 2.24) is 25.2 Å². The van der Waals surface area contributed by atoms with Crippen molar-refractivity contribution in [3.05, 3.63) is 76.9 Å². The summed E-state index contributed by atoms with van der Waals surface area (Å²) in [5, 5.41) is 5.38. The zero-order valence-electron chi connectivity index (χ0n) is 31.7. The van der Waals surface area contributed by atoms with E-state index in [-0.39, 0.29) is 49.4 Å². The largest absolute Gasteiger partial charge is 0.444 e. The summed E-state index contributed by atoms with van der Waals surface area (Å²) < 4.78 is 68.3. The summed E-state index contributed by atoms with van der Waals surface area (Å²) >= 11 is 0. The fourth-order valence-electron chi connectivity index (χ4n) is 7.52. The number of ether oxygens (including phenoxy) is 2. The van der Waals surface area contributed by atoms with Gasteiger partial charge in [-0.25, -0.2) is 31.5 Å². The van der Waals surface area contributed by atoms with Gasteiger partial charge in [0.2, 0.25) is 11.8 Å². The number of hydrogen-bond donors (Lipinski definition) is 3. The number of alkyl carbamates (subject to hydrolysis) is 1. The van der Waals surface area contributed by atoms with Gasteiger partial charge in [-0.2, -0.15) is 0 Å². The summed E-state index contributed by atoms with van der Waals surface area (Å²) in [6.45, 7) is 6.23. The van der Waals surface area contributed by atoms with E-state index in [9.17, 15) is 41.2 Å². The van der Waals surface area contributed by atoms with Gasteiger partial charge in [-0.15, -0.1) is 0 Å². The quantitative estimate of drug-likeness (QED) is 0.368. The van der Waals surface area contributed by atoms with Crippen LogP contribution in [0.15, 0.2) is 53.4 Å². The molecule has 1 saturated carbocycles. The van der Waals surface area contributed by atoms with Crippen molar-refractivity contribution in [3.63, 3.8) is 0 Å². The van der Waals surface area contributed by atoms with Gasteiger partial charge in [0, 0.05) is 24.4 Å². The molecule has 1 aliphatic carbocycles. The average Bonchev–Trinajstić information content (AvgIpc) is 3.40. The predicted molar refractivity (Wildman–Crippen MR) is 197 cm³/mol. The van der Waals surface area contributed by atoms with Gasteiger partial charge in [0.25, 0.3) is 15.9 Å². The first-order valence-electron chi connectivity index (χ1n) is 18.7. The van der Waals surface area contributed by atoms with Crippen molar-refractivity contribution in [2.45, 2.75) is 120 Å². The van der Waals surface area contributed by atoms with Crippen molar-refractivity contribution in [1.29, 1.82) is 0 Å². The Morgan fingerprint density at radius 3 is 2.52 bits per heavy atom. The van der Waals surface area contributed by atoms with E-state index in [1.165, 1.54) is 22.8 Å². The Morgan fingerprint density at radius 2 is 1.80 bits per heavy atom. The molecular formula is C39H47F2N5O9S. The molecule has 3 aliphatic heterocycles. The minimum Gasteiger partial charge on any atom is -0.444 e. The fraction of sp³-hybridized carbons (Fsp3) is 0.513. The number of amides is 5. The normalized spacial score (nSPS) is 26.0. The maximum Gasteiger partial charge on any atom is 0.410 e. The first-order valence-corrected chi connectivity index (χ1v) is 20.2. The van der Waals surface area contributed by atoms with Crippen molar-refractivity contribution in [2.24, 2.45) is 5.92 Å². The molecule has 302 valence electrons. The topological polar surface area (TPSA) is 181 Å². The number of sulfonamides is 1. The monoisotopic (exact) mass is 799 g/mol. The molecule has 3 N–H and O–H groups in total. The molecule has 5 amide bonds. The molecule has 0 radical (unpaired) electrons. The minimum atomic E-state index is -4.51. The van der Waals surface area contributed by atoms with Crippen LogP contribution in [0.25, 0.3) is 0 Å². The molecule has 6 rings (SSSR count). The molecular weight excluding hydrogens is 753 g/mol. The number of fused-ring (bicyclic) bond motifs is 3. The summed E-state index contributed by atoms with van der Waals surface area (Å²) in [7, 11) is -4.51. The van der Waals surface area contributed by atoms with Crippen LogP contribution in [0, 0.1) is 24.5 Å². The van der Waals surface area contributed by atoms with Gasteiger partial charge in [0.1, 0.15) is 41.0 Å². The van der Waals surface area contributed by atoms with E-state index < -0.39 is 86.8 Å². The van der Waals surface area contributed by atoms with Crippen LogP contribution >= 0.6 is 0 Å². The molecule has 0 spiro atoms. The van der Waals surface area contributed by atoms with Gasteiger partial charge >= 0.3 is 12.2 Å². The molecule has 4 aliphatic rings. The Morgan fingerprint density at radius 1 is 1.04 bits per heavy atom. The van der Waals surface area contributed by atoms with E-state index in [1.54, 1.807) is 39.0 Å². The van der Waals surface area contributed by atoms with Crippen molar-refractivity contribution in [3.8, 4) is 0 Å². The van der Waals surface area contributed by atoms with Crippen LogP contribution < -0.4 is 15.4 Å². The zero-order valence-corrected chi connectivity index (χ0v) is 32.5. The van der Waals surface area contributed by atoms with Gasteiger partial charge in [-0.3, -0.25) is 19.3 Å². The van der Waals surface area contributed by atoms with E-state index in [2.05, 4.69) is 15.4 Å². The SMILES string of the molecule is Cc1cc(F)ccc1S(=O)(=O)NC(=O)[C@@]12C[C@H]1/C=C\CCCCC[C@H](NC(=O)OC(C)(C)C)C(=O)N1C[C@H](OC(=O)N3Cc4cccc(F)c4C3)C[C@H]1C(=O)N2. The summed E-state index contributed by atoms with van der Waals surface area (Å²) in [5.74, 6) is -4.17. The van der Waals surface area contributed by atoms with Crippen LogP contribution in [0.1, 0.15) is 82.4 Å². The third-order valence-electron chi connectivity index (χ3n) is 10.4. The lowest BCUT2D eigenvalue weighted by atomic mass is 10.0. The highest BCUT2D eigenvalue weighted by atomic mass is 32.2. The summed E-state index contributed by atoms with van der Waals surface area (Å²) in [6, 6.07) is 5.13. The second-order valence-corrected chi connectivity index (χ2v) is 17.5. The smallest absolute Gasteiger partial charge is 0.410 e. The van der Waals surface area contributed by atoms with Gasteiger partial charge < -0.3 is 25.0 Å². The lowest BCUT2D eigenvalue weighted by molar-refractivity contribution is -0.141. The number of carbonyl (C=O) groups is 5. The highest BCUT2D eigenvalue weighted by Crippen LogP contribution is 2.46. The molecule has 0 unspecified atom stereocenters. The molecule has 2 fully saturated rings. The number of carbonyl (C=O) groups excluding carboxylic acids is 5. The molecule has 0 aromatic heterocycles. The lowest BCUT2D eigenvalue weighted by Gasteiger charge is -2.30. The van der Waals surface area contributed by atoms with E-state index >= 15 is 0 Å². The summed E-state index contributed by atoms with van der Waals surface area (Å²) in [4.78, 5) is 71.2. The van der Waals surface area contributed by atoms with Crippen molar-refractivity contribution >= 4 is 39.9 Å². The summed E-state index contributed by atoms with van der Waals surface area (Å²) in [5.41, 5.74) is -1.54. The van der Waals surface area contributed by atoms with Gasteiger partial charge in [0.05, 0.1) is 18.0 Å². The number of hydrogen-bond acceptors (Lipinski definition) is 9. The Labute approximate surface area is 324 Å². The van der Waals surface area contributed by atoms with E-state index in [0.717, 1.165) is 18.2 Å². The first kappa shape index (κ1) is 40.6. The molecule has 56 heavy (non-hydrogen) atoms. The number of allylic oxidation sites excluding steroid dienone is 1. The third-order valence-corrected chi connectivity index (χ3v) is 11.9. The number of nitrogens with one attached hydrogen (secondary N) is 3. The molecule has 0 bridgehead atoms. The molecule has 2 aromatic rings. The molecule has 3 heterocycles. The maximum absolute atomic E-state index is 14.5. The van der Waals surface area contributed by atoms with Crippen LogP contribution in [0.4, 0.5) is 18.4 Å². The average molecular weight is 800 g/mol.